The maximum Gasteiger partial charge on any atom is 0.191 e. The topological polar surface area (TPSA) is 63.5 Å². The number of nitrogens with one attached hydrogen (secondary N) is 2. The first-order chi connectivity index (χ1) is 9.67. The zero-order chi connectivity index (χ0) is 14.8. The number of imidazole rings is 1. The van der Waals surface area contributed by atoms with Gasteiger partial charge < -0.3 is 19.9 Å². The number of rotatable bonds is 8. The van der Waals surface area contributed by atoms with Crippen molar-refractivity contribution in [2.24, 2.45) is 10.9 Å². The first-order valence-electron chi connectivity index (χ1n) is 7.18. The van der Waals surface area contributed by atoms with Gasteiger partial charge >= 0.3 is 0 Å². The van der Waals surface area contributed by atoms with E-state index >= 15 is 0 Å². The molecule has 0 aromatic carbocycles. The average molecular weight is 281 g/mol. The van der Waals surface area contributed by atoms with Gasteiger partial charge in [0.2, 0.25) is 0 Å². The molecule has 0 saturated carbocycles. The van der Waals surface area contributed by atoms with Crippen molar-refractivity contribution in [1.29, 1.82) is 0 Å². The highest BCUT2D eigenvalue weighted by Crippen LogP contribution is 2.04. The molecule has 0 spiro atoms. The summed E-state index contributed by atoms with van der Waals surface area (Å²) in [6.45, 7) is 10.2. The molecule has 0 aliphatic rings. The molecule has 0 saturated heterocycles. The average Bonchev–Trinajstić information content (AvgIpc) is 2.82. The van der Waals surface area contributed by atoms with Gasteiger partial charge in [-0.2, -0.15) is 0 Å². The standard InChI is InChI=1S/C14H27N5O/c1-5-15-14(17-7-9-20-4)18-10-13-16-6-8-19(13)11-12(2)3/h6,8,12H,5,7,9-11H2,1-4H3,(H2,15,17,18). The Morgan fingerprint density at radius 3 is 2.90 bits per heavy atom. The minimum Gasteiger partial charge on any atom is -0.383 e. The minimum absolute atomic E-state index is 0.571. The summed E-state index contributed by atoms with van der Waals surface area (Å²) >= 11 is 0. The lowest BCUT2D eigenvalue weighted by Crippen LogP contribution is -2.38. The number of guanidine groups is 1. The number of hydrogen-bond donors (Lipinski definition) is 2. The molecule has 0 atom stereocenters. The third-order valence-electron chi connectivity index (χ3n) is 2.68. The van der Waals surface area contributed by atoms with Crippen LogP contribution >= 0.6 is 0 Å². The van der Waals surface area contributed by atoms with Crippen molar-refractivity contribution in [1.82, 2.24) is 20.2 Å². The molecule has 1 heterocycles. The second-order valence-electron chi connectivity index (χ2n) is 5.00. The Balaban J connectivity index is 2.59. The summed E-state index contributed by atoms with van der Waals surface area (Å²) < 4.78 is 7.18. The molecule has 6 nitrogen and oxygen atoms in total. The summed E-state index contributed by atoms with van der Waals surface area (Å²) in [7, 11) is 1.69. The van der Waals surface area contributed by atoms with Gasteiger partial charge in [0.1, 0.15) is 12.4 Å². The highest BCUT2D eigenvalue weighted by molar-refractivity contribution is 5.79. The maximum absolute atomic E-state index is 5.02. The van der Waals surface area contributed by atoms with Crippen LogP contribution in [0.5, 0.6) is 0 Å². The lowest BCUT2D eigenvalue weighted by molar-refractivity contribution is 0.203. The van der Waals surface area contributed by atoms with E-state index in [0.717, 1.165) is 31.4 Å². The van der Waals surface area contributed by atoms with E-state index in [-0.39, 0.29) is 0 Å². The van der Waals surface area contributed by atoms with E-state index in [4.69, 9.17) is 4.74 Å². The molecule has 2 N–H and O–H groups in total. The van der Waals surface area contributed by atoms with Gasteiger partial charge in [0.25, 0.3) is 0 Å². The van der Waals surface area contributed by atoms with E-state index in [1.807, 2.05) is 19.3 Å². The largest absolute Gasteiger partial charge is 0.383 e. The van der Waals surface area contributed by atoms with E-state index in [1.165, 1.54) is 0 Å². The summed E-state index contributed by atoms with van der Waals surface area (Å²) in [5.41, 5.74) is 0. The molecule has 20 heavy (non-hydrogen) atoms. The monoisotopic (exact) mass is 281 g/mol. The Labute approximate surface area is 121 Å². The summed E-state index contributed by atoms with van der Waals surface area (Å²) in [4.78, 5) is 8.92. The minimum atomic E-state index is 0.571. The fourth-order valence-corrected chi connectivity index (χ4v) is 1.81. The summed E-state index contributed by atoms with van der Waals surface area (Å²) in [6.07, 6.45) is 3.84. The molecular formula is C14H27N5O. The maximum atomic E-state index is 5.02. The van der Waals surface area contributed by atoms with Crippen molar-refractivity contribution < 1.29 is 4.74 Å². The molecule has 1 rings (SSSR count). The second-order valence-corrected chi connectivity index (χ2v) is 5.00. The predicted octanol–water partition coefficient (Wildman–Crippen LogP) is 1.24. The lowest BCUT2D eigenvalue weighted by atomic mass is 10.2. The summed E-state index contributed by atoms with van der Waals surface area (Å²) in [6, 6.07) is 0. The molecule has 1 aromatic rings. The van der Waals surface area contributed by atoms with Crippen LogP contribution in [-0.2, 0) is 17.8 Å². The first kappa shape index (κ1) is 16.5. The SMILES string of the molecule is CCNC(=NCc1nccn1CC(C)C)NCCOC. The fourth-order valence-electron chi connectivity index (χ4n) is 1.81. The van der Waals surface area contributed by atoms with Crippen molar-refractivity contribution in [2.75, 3.05) is 26.8 Å². The molecule has 0 bridgehead atoms. The Bertz CT molecular complexity index is 400. The highest BCUT2D eigenvalue weighted by atomic mass is 16.5. The molecular weight excluding hydrogens is 254 g/mol. The molecule has 0 radical (unpaired) electrons. The summed E-state index contributed by atoms with van der Waals surface area (Å²) in [5, 5.41) is 6.43. The van der Waals surface area contributed by atoms with Crippen molar-refractivity contribution in [3.05, 3.63) is 18.2 Å². The summed E-state index contributed by atoms with van der Waals surface area (Å²) in [5.74, 6) is 2.38. The zero-order valence-corrected chi connectivity index (χ0v) is 13.0. The van der Waals surface area contributed by atoms with Crippen molar-refractivity contribution in [2.45, 2.75) is 33.9 Å². The van der Waals surface area contributed by atoms with Crippen molar-refractivity contribution in [3.8, 4) is 0 Å². The Morgan fingerprint density at radius 1 is 1.45 bits per heavy atom. The fraction of sp³-hybridized carbons (Fsp3) is 0.714. The first-order valence-corrected chi connectivity index (χ1v) is 7.18. The Morgan fingerprint density at radius 2 is 2.25 bits per heavy atom. The van der Waals surface area contributed by atoms with Crippen LogP contribution in [0.15, 0.2) is 17.4 Å². The van der Waals surface area contributed by atoms with Crippen LogP contribution in [0.3, 0.4) is 0 Å². The number of hydrogen-bond acceptors (Lipinski definition) is 3. The van der Waals surface area contributed by atoms with Crippen LogP contribution in [0.4, 0.5) is 0 Å². The van der Waals surface area contributed by atoms with E-state index in [0.29, 0.717) is 19.1 Å². The number of aliphatic imine (C=N–C) groups is 1. The zero-order valence-electron chi connectivity index (χ0n) is 13.0. The van der Waals surface area contributed by atoms with E-state index in [2.05, 4.69) is 39.0 Å². The number of methoxy groups -OCH3 is 1. The van der Waals surface area contributed by atoms with E-state index in [9.17, 15) is 0 Å². The highest BCUT2D eigenvalue weighted by Gasteiger charge is 2.04. The number of ether oxygens (including phenoxy) is 1. The van der Waals surface area contributed by atoms with Crippen LogP contribution in [0.2, 0.25) is 0 Å². The third-order valence-corrected chi connectivity index (χ3v) is 2.68. The van der Waals surface area contributed by atoms with Gasteiger partial charge in [-0.25, -0.2) is 9.98 Å². The van der Waals surface area contributed by atoms with Crippen LogP contribution in [-0.4, -0.2) is 42.3 Å². The lowest BCUT2D eigenvalue weighted by Gasteiger charge is -2.12. The van der Waals surface area contributed by atoms with Crippen LogP contribution in [0, 0.1) is 5.92 Å². The predicted molar refractivity (Wildman–Crippen MR) is 81.8 cm³/mol. The quantitative estimate of drug-likeness (QED) is 0.427. The van der Waals surface area contributed by atoms with Crippen molar-refractivity contribution >= 4 is 5.96 Å². The van der Waals surface area contributed by atoms with Gasteiger partial charge in [-0.1, -0.05) is 13.8 Å². The molecule has 0 aliphatic carbocycles. The molecule has 0 aliphatic heterocycles. The Kier molecular flexibility index (Phi) is 7.72. The third kappa shape index (κ3) is 6.06. The molecule has 0 amide bonds. The van der Waals surface area contributed by atoms with Gasteiger partial charge in [0.05, 0.1) is 6.61 Å². The normalized spacial score (nSPS) is 11.9. The van der Waals surface area contributed by atoms with Gasteiger partial charge in [-0.15, -0.1) is 0 Å². The van der Waals surface area contributed by atoms with Crippen LogP contribution in [0.1, 0.15) is 26.6 Å². The molecule has 1 aromatic heterocycles. The van der Waals surface area contributed by atoms with E-state index < -0.39 is 0 Å². The van der Waals surface area contributed by atoms with Gasteiger partial charge in [-0.05, 0) is 12.8 Å². The molecule has 114 valence electrons. The number of nitrogens with zero attached hydrogens (tertiary/aromatic N) is 3. The van der Waals surface area contributed by atoms with Gasteiger partial charge in [0.15, 0.2) is 5.96 Å². The Hall–Kier alpha value is -1.56. The van der Waals surface area contributed by atoms with Gasteiger partial charge in [0, 0.05) is 39.1 Å². The van der Waals surface area contributed by atoms with Crippen molar-refractivity contribution in [3.63, 3.8) is 0 Å². The number of aromatic nitrogens is 2. The van der Waals surface area contributed by atoms with E-state index in [1.54, 1.807) is 7.11 Å². The smallest absolute Gasteiger partial charge is 0.191 e. The molecule has 6 heteroatoms. The van der Waals surface area contributed by atoms with Gasteiger partial charge in [-0.3, -0.25) is 0 Å². The second kappa shape index (κ2) is 9.36. The van der Waals surface area contributed by atoms with Crippen LogP contribution in [0.25, 0.3) is 0 Å². The molecule has 0 fully saturated rings. The van der Waals surface area contributed by atoms with Crippen LogP contribution < -0.4 is 10.6 Å². The molecule has 0 unspecified atom stereocenters.